The maximum atomic E-state index is 11.9. The molecule has 3 N–H and O–H groups in total. The summed E-state index contributed by atoms with van der Waals surface area (Å²) in [7, 11) is -3.26. The zero-order valence-electron chi connectivity index (χ0n) is 17.5. The van der Waals surface area contributed by atoms with Crippen LogP contribution in [0.1, 0.15) is 12.6 Å². The van der Waals surface area contributed by atoms with Crippen LogP contribution < -0.4 is 15.5 Å². The minimum absolute atomic E-state index is 0.154. The molecule has 2 amide bonds. The van der Waals surface area contributed by atoms with Gasteiger partial charge >= 0.3 is 6.03 Å². The molecule has 3 rings (SSSR count). The van der Waals surface area contributed by atoms with Gasteiger partial charge in [0.1, 0.15) is 5.82 Å². The first kappa shape index (κ1) is 22.9. The van der Waals surface area contributed by atoms with Crippen molar-refractivity contribution >= 4 is 27.4 Å². The molecule has 0 aliphatic carbocycles. The normalized spacial score (nSPS) is 15.4. The van der Waals surface area contributed by atoms with Crippen molar-refractivity contribution in [3.63, 3.8) is 0 Å². The molecule has 2 heterocycles. The highest BCUT2D eigenvalue weighted by Gasteiger charge is 2.17. The number of ether oxygens (including phenoxy) is 1. The third-order valence-corrected chi connectivity index (χ3v) is 5.38. The first-order valence-corrected chi connectivity index (χ1v) is 12.0. The van der Waals surface area contributed by atoms with Crippen LogP contribution in [0.4, 0.5) is 16.3 Å². The predicted molar refractivity (Wildman–Crippen MR) is 118 cm³/mol. The van der Waals surface area contributed by atoms with Crippen LogP contribution in [0.3, 0.4) is 0 Å². The monoisotopic (exact) mass is 449 g/mol. The average Bonchev–Trinajstić information content (AvgIpc) is 2.73. The van der Waals surface area contributed by atoms with E-state index in [0.29, 0.717) is 54.9 Å². The fourth-order valence-corrected chi connectivity index (χ4v) is 3.73. The number of hydrogen-bond donors (Lipinski definition) is 3. The minimum Gasteiger partial charge on any atom is -0.394 e. The molecule has 0 saturated carbocycles. The van der Waals surface area contributed by atoms with Gasteiger partial charge < -0.3 is 25.4 Å². The van der Waals surface area contributed by atoms with Gasteiger partial charge in [-0.05, 0) is 31.2 Å². The van der Waals surface area contributed by atoms with Gasteiger partial charge in [-0.25, -0.2) is 23.2 Å². The van der Waals surface area contributed by atoms with Gasteiger partial charge in [-0.1, -0.05) is 0 Å². The number of carbonyl (C=O) groups is 1. The van der Waals surface area contributed by atoms with Gasteiger partial charge in [-0.3, -0.25) is 0 Å². The van der Waals surface area contributed by atoms with E-state index in [4.69, 9.17) is 9.84 Å². The van der Waals surface area contributed by atoms with E-state index in [9.17, 15) is 13.2 Å². The fourth-order valence-electron chi connectivity index (χ4n) is 3.05. The number of morpholine rings is 1. The number of urea groups is 1. The van der Waals surface area contributed by atoms with E-state index in [2.05, 4.69) is 20.6 Å². The number of nitrogens with zero attached hydrogens (tertiary/aromatic N) is 3. The van der Waals surface area contributed by atoms with E-state index in [1.807, 2.05) is 4.90 Å². The Labute approximate surface area is 181 Å². The van der Waals surface area contributed by atoms with Crippen LogP contribution in [0, 0.1) is 0 Å². The maximum Gasteiger partial charge on any atom is 0.319 e. The Balaban J connectivity index is 1.84. The molecule has 0 bridgehead atoms. The number of sulfone groups is 1. The smallest absolute Gasteiger partial charge is 0.319 e. The zero-order chi connectivity index (χ0) is 22.4. The molecule has 11 heteroatoms. The molecule has 1 saturated heterocycles. The Morgan fingerprint density at radius 1 is 1.23 bits per heavy atom. The van der Waals surface area contributed by atoms with Gasteiger partial charge in [-0.2, -0.15) is 0 Å². The molecule has 0 spiro atoms. The Hall–Kier alpha value is -2.76. The summed E-state index contributed by atoms with van der Waals surface area (Å²) in [5.41, 5.74) is 1.68. The lowest BCUT2D eigenvalue weighted by atomic mass is 10.2. The Kier molecular flexibility index (Phi) is 7.42. The second kappa shape index (κ2) is 10.0. The highest BCUT2D eigenvalue weighted by molar-refractivity contribution is 7.89. The molecule has 1 aromatic heterocycles. The topological polar surface area (TPSA) is 134 Å². The lowest BCUT2D eigenvalue weighted by Gasteiger charge is -2.28. The predicted octanol–water partition coefficient (Wildman–Crippen LogP) is 1.03. The molecule has 1 atom stereocenters. The van der Waals surface area contributed by atoms with Gasteiger partial charge in [0.2, 0.25) is 0 Å². The molecule has 1 aliphatic heterocycles. The molecule has 1 fully saturated rings. The largest absolute Gasteiger partial charge is 0.394 e. The SMILES string of the molecule is CC(CO)NC(=O)Nc1ccc(-c2nc(CS(C)(=O)=O)cc(N3CCOCC3)n2)cc1. The summed E-state index contributed by atoms with van der Waals surface area (Å²) in [5.74, 6) is 0.891. The average molecular weight is 450 g/mol. The summed E-state index contributed by atoms with van der Waals surface area (Å²) >= 11 is 0. The Morgan fingerprint density at radius 2 is 1.90 bits per heavy atom. The van der Waals surface area contributed by atoms with Crippen molar-refractivity contribution in [1.29, 1.82) is 0 Å². The maximum absolute atomic E-state index is 11.9. The number of benzene rings is 1. The van der Waals surface area contributed by atoms with Gasteiger partial charge in [-0.15, -0.1) is 0 Å². The number of amides is 2. The van der Waals surface area contributed by atoms with Crippen LogP contribution in [0.15, 0.2) is 30.3 Å². The van der Waals surface area contributed by atoms with Crippen LogP contribution in [0.5, 0.6) is 0 Å². The quantitative estimate of drug-likeness (QED) is 0.571. The second-order valence-electron chi connectivity index (χ2n) is 7.47. The number of aliphatic hydroxyl groups is 1. The van der Waals surface area contributed by atoms with E-state index in [1.165, 1.54) is 6.26 Å². The van der Waals surface area contributed by atoms with Crippen LogP contribution in [0.25, 0.3) is 11.4 Å². The van der Waals surface area contributed by atoms with Gasteiger partial charge in [0.25, 0.3) is 0 Å². The van der Waals surface area contributed by atoms with Crippen LogP contribution in [0.2, 0.25) is 0 Å². The summed E-state index contributed by atoms with van der Waals surface area (Å²) in [5, 5.41) is 14.3. The van der Waals surface area contributed by atoms with Gasteiger partial charge in [0.05, 0.1) is 37.3 Å². The Bertz CT molecular complexity index is 1010. The van der Waals surface area contributed by atoms with E-state index < -0.39 is 15.9 Å². The van der Waals surface area contributed by atoms with Crippen LogP contribution in [-0.4, -0.2) is 74.7 Å². The summed E-state index contributed by atoms with van der Waals surface area (Å²) in [6, 6.07) is 7.86. The van der Waals surface area contributed by atoms with Crippen molar-refractivity contribution in [2.75, 3.05) is 49.4 Å². The van der Waals surface area contributed by atoms with E-state index in [0.717, 1.165) is 0 Å². The van der Waals surface area contributed by atoms with Crippen molar-refractivity contribution in [1.82, 2.24) is 15.3 Å². The van der Waals surface area contributed by atoms with Crippen molar-refractivity contribution in [2.45, 2.75) is 18.7 Å². The first-order valence-electron chi connectivity index (χ1n) is 9.90. The van der Waals surface area contributed by atoms with E-state index >= 15 is 0 Å². The summed E-state index contributed by atoms with van der Waals surface area (Å²) < 4.78 is 29.0. The number of nitrogens with one attached hydrogen (secondary N) is 2. The standard InChI is InChI=1S/C20H27N5O5S/c1-14(12-26)21-20(27)23-16-5-3-15(4-6-16)19-22-17(13-31(2,28)29)11-18(24-19)25-7-9-30-10-8-25/h3-6,11,14,26H,7-10,12-13H2,1-2H3,(H2,21,23,27). The molecule has 10 nitrogen and oxygen atoms in total. The Morgan fingerprint density at radius 3 is 2.52 bits per heavy atom. The molecule has 0 radical (unpaired) electrons. The highest BCUT2D eigenvalue weighted by Crippen LogP contribution is 2.23. The summed E-state index contributed by atoms with van der Waals surface area (Å²) in [6.07, 6.45) is 1.17. The number of carbonyl (C=O) groups excluding carboxylic acids is 1. The second-order valence-corrected chi connectivity index (χ2v) is 9.61. The molecular weight excluding hydrogens is 422 g/mol. The summed E-state index contributed by atoms with van der Waals surface area (Å²) in [4.78, 5) is 23.0. The lowest BCUT2D eigenvalue weighted by Crippen LogP contribution is -2.38. The van der Waals surface area contributed by atoms with Crippen molar-refractivity contribution in [2.24, 2.45) is 0 Å². The molecule has 2 aromatic rings. The molecule has 168 valence electrons. The van der Waals surface area contributed by atoms with Gasteiger partial charge in [0, 0.05) is 36.7 Å². The van der Waals surface area contributed by atoms with E-state index in [-0.39, 0.29) is 18.4 Å². The fraction of sp³-hybridized carbons (Fsp3) is 0.450. The minimum atomic E-state index is -3.26. The van der Waals surface area contributed by atoms with Crippen molar-refractivity contribution in [3.8, 4) is 11.4 Å². The van der Waals surface area contributed by atoms with Crippen LogP contribution in [-0.2, 0) is 20.3 Å². The highest BCUT2D eigenvalue weighted by atomic mass is 32.2. The molecular formula is C20H27N5O5S. The van der Waals surface area contributed by atoms with E-state index in [1.54, 1.807) is 37.3 Å². The number of aromatic nitrogens is 2. The van der Waals surface area contributed by atoms with Gasteiger partial charge in [0.15, 0.2) is 15.7 Å². The molecule has 1 aromatic carbocycles. The molecule has 31 heavy (non-hydrogen) atoms. The number of aliphatic hydroxyl groups excluding tert-OH is 1. The zero-order valence-corrected chi connectivity index (χ0v) is 18.4. The number of hydrogen-bond acceptors (Lipinski definition) is 8. The molecule has 1 aliphatic rings. The number of rotatable bonds is 7. The van der Waals surface area contributed by atoms with Crippen molar-refractivity contribution in [3.05, 3.63) is 36.0 Å². The lowest BCUT2D eigenvalue weighted by molar-refractivity contribution is 0.122. The molecule has 1 unspecified atom stereocenters. The summed E-state index contributed by atoms with van der Waals surface area (Å²) in [6.45, 7) is 4.03. The van der Waals surface area contributed by atoms with Crippen molar-refractivity contribution < 1.29 is 23.1 Å². The third-order valence-electron chi connectivity index (χ3n) is 4.56. The first-order chi connectivity index (χ1) is 14.7. The third kappa shape index (κ3) is 6.88. The number of anilines is 2. The van der Waals surface area contributed by atoms with Crippen LogP contribution >= 0.6 is 0 Å².